The zero-order valence-electron chi connectivity index (χ0n) is 14.2. The predicted octanol–water partition coefficient (Wildman–Crippen LogP) is 4.28. The number of likely N-dealkylation sites (tertiary alicyclic amines) is 1. The predicted molar refractivity (Wildman–Crippen MR) is 98.2 cm³/mol. The molecule has 2 aliphatic heterocycles. The molecule has 0 unspecified atom stereocenters. The van der Waals surface area contributed by atoms with Gasteiger partial charge in [-0.1, -0.05) is 0 Å². The molecular formula is C20H23NO3S. The fourth-order valence-electron chi connectivity index (χ4n) is 3.65. The summed E-state index contributed by atoms with van der Waals surface area (Å²) in [5, 5.41) is 4.23. The summed E-state index contributed by atoms with van der Waals surface area (Å²) in [5.74, 6) is 0.905. The highest BCUT2D eigenvalue weighted by atomic mass is 32.1. The second-order valence-corrected chi connectivity index (χ2v) is 7.46. The second-order valence-electron chi connectivity index (χ2n) is 6.68. The van der Waals surface area contributed by atoms with Crippen LogP contribution in [-0.4, -0.2) is 36.7 Å². The van der Waals surface area contributed by atoms with E-state index >= 15 is 0 Å². The molecule has 2 fully saturated rings. The molecule has 2 saturated heterocycles. The first-order valence-electron chi connectivity index (χ1n) is 8.99. The smallest absolute Gasteiger partial charge is 0.254 e. The lowest BCUT2D eigenvalue weighted by molar-refractivity contribution is 0.0678. The highest BCUT2D eigenvalue weighted by molar-refractivity contribution is 7.08. The molecule has 0 radical (unpaired) electrons. The quantitative estimate of drug-likeness (QED) is 0.801. The van der Waals surface area contributed by atoms with Crippen LogP contribution < -0.4 is 4.74 Å². The van der Waals surface area contributed by atoms with Gasteiger partial charge in [0.1, 0.15) is 12.4 Å². The van der Waals surface area contributed by atoms with Crippen molar-refractivity contribution in [3.8, 4) is 5.75 Å². The van der Waals surface area contributed by atoms with Gasteiger partial charge < -0.3 is 14.4 Å². The molecule has 1 aromatic heterocycles. The lowest BCUT2D eigenvalue weighted by Crippen LogP contribution is -2.30. The zero-order chi connectivity index (χ0) is 17.1. The SMILES string of the molecule is O=C(c1ccc(OC[C@@H]2CCCO2)cc1)N1CCC[C@H]1c1ccsc1. The standard InChI is InChI=1S/C20H23NO3S/c22-20(21-10-1-4-19(21)16-9-12-25-14-16)15-5-7-17(8-6-15)24-13-18-3-2-11-23-18/h5-9,12,14,18-19H,1-4,10-11,13H2/t18-,19-/m0/s1. The zero-order valence-corrected chi connectivity index (χ0v) is 15.0. The molecule has 4 nitrogen and oxygen atoms in total. The second kappa shape index (κ2) is 7.58. The summed E-state index contributed by atoms with van der Waals surface area (Å²) >= 11 is 1.69. The first kappa shape index (κ1) is 16.6. The molecule has 132 valence electrons. The number of carbonyl (C=O) groups is 1. The molecule has 25 heavy (non-hydrogen) atoms. The maximum absolute atomic E-state index is 12.9. The molecule has 0 aliphatic carbocycles. The van der Waals surface area contributed by atoms with E-state index in [-0.39, 0.29) is 18.1 Å². The van der Waals surface area contributed by atoms with Gasteiger partial charge in [0, 0.05) is 18.7 Å². The third-order valence-electron chi connectivity index (χ3n) is 5.00. The Morgan fingerprint density at radius 1 is 1.20 bits per heavy atom. The van der Waals surface area contributed by atoms with E-state index in [0.717, 1.165) is 50.1 Å². The number of benzene rings is 1. The maximum atomic E-state index is 12.9. The number of rotatable bonds is 5. The summed E-state index contributed by atoms with van der Waals surface area (Å²) in [6.07, 6.45) is 4.50. The Kier molecular flexibility index (Phi) is 5.04. The highest BCUT2D eigenvalue weighted by Gasteiger charge is 2.30. The summed E-state index contributed by atoms with van der Waals surface area (Å²) < 4.78 is 11.3. The van der Waals surface area contributed by atoms with Gasteiger partial charge in [0.15, 0.2) is 0 Å². The molecule has 2 atom stereocenters. The van der Waals surface area contributed by atoms with Crippen molar-refractivity contribution >= 4 is 17.2 Å². The number of carbonyl (C=O) groups excluding carboxylic acids is 1. The van der Waals surface area contributed by atoms with Crippen LogP contribution >= 0.6 is 11.3 Å². The van der Waals surface area contributed by atoms with Gasteiger partial charge in [-0.3, -0.25) is 4.79 Å². The first-order valence-corrected chi connectivity index (χ1v) is 9.93. The fourth-order valence-corrected chi connectivity index (χ4v) is 4.35. The normalized spacial score (nSPS) is 23.1. The van der Waals surface area contributed by atoms with Gasteiger partial charge in [0.2, 0.25) is 0 Å². The monoisotopic (exact) mass is 357 g/mol. The van der Waals surface area contributed by atoms with Crippen LogP contribution in [0.2, 0.25) is 0 Å². The van der Waals surface area contributed by atoms with Crippen LogP contribution in [0.3, 0.4) is 0 Å². The minimum Gasteiger partial charge on any atom is -0.491 e. The van der Waals surface area contributed by atoms with Crippen LogP contribution in [0.5, 0.6) is 5.75 Å². The van der Waals surface area contributed by atoms with Crippen LogP contribution in [-0.2, 0) is 4.74 Å². The first-order chi connectivity index (χ1) is 12.3. The number of hydrogen-bond donors (Lipinski definition) is 0. The van der Waals surface area contributed by atoms with E-state index in [9.17, 15) is 4.79 Å². The van der Waals surface area contributed by atoms with E-state index in [1.807, 2.05) is 29.2 Å². The highest BCUT2D eigenvalue weighted by Crippen LogP contribution is 2.34. The van der Waals surface area contributed by atoms with Gasteiger partial charge in [-0.15, -0.1) is 0 Å². The number of hydrogen-bond acceptors (Lipinski definition) is 4. The van der Waals surface area contributed by atoms with Crippen molar-refractivity contribution in [3.05, 3.63) is 52.2 Å². The lowest BCUT2D eigenvalue weighted by Gasteiger charge is -2.24. The lowest BCUT2D eigenvalue weighted by atomic mass is 10.1. The van der Waals surface area contributed by atoms with E-state index in [4.69, 9.17) is 9.47 Å². The van der Waals surface area contributed by atoms with Crippen molar-refractivity contribution in [3.63, 3.8) is 0 Å². The van der Waals surface area contributed by atoms with Gasteiger partial charge in [-0.2, -0.15) is 11.3 Å². The van der Waals surface area contributed by atoms with Crippen LogP contribution in [0.15, 0.2) is 41.1 Å². The van der Waals surface area contributed by atoms with E-state index in [0.29, 0.717) is 6.61 Å². The molecule has 1 aromatic carbocycles. The van der Waals surface area contributed by atoms with Crippen molar-refractivity contribution in [2.75, 3.05) is 19.8 Å². The van der Waals surface area contributed by atoms with Crippen LogP contribution in [0.1, 0.15) is 47.6 Å². The Labute approximate surface area is 152 Å². The van der Waals surface area contributed by atoms with E-state index in [2.05, 4.69) is 16.8 Å². The molecule has 5 heteroatoms. The van der Waals surface area contributed by atoms with Crippen molar-refractivity contribution in [1.82, 2.24) is 4.90 Å². The Balaban J connectivity index is 1.39. The van der Waals surface area contributed by atoms with Crippen molar-refractivity contribution < 1.29 is 14.3 Å². The van der Waals surface area contributed by atoms with Crippen LogP contribution in [0, 0.1) is 0 Å². The summed E-state index contributed by atoms with van der Waals surface area (Å²) in [4.78, 5) is 14.9. The Bertz CT molecular complexity index is 692. The third-order valence-corrected chi connectivity index (χ3v) is 5.70. The molecule has 4 rings (SSSR count). The molecule has 2 aliphatic rings. The van der Waals surface area contributed by atoms with Crippen LogP contribution in [0.4, 0.5) is 0 Å². The van der Waals surface area contributed by atoms with Gasteiger partial charge in [0.25, 0.3) is 5.91 Å². The number of amides is 1. The van der Waals surface area contributed by atoms with Gasteiger partial charge >= 0.3 is 0 Å². The summed E-state index contributed by atoms with van der Waals surface area (Å²) in [6.45, 7) is 2.25. The van der Waals surface area contributed by atoms with Gasteiger partial charge in [-0.25, -0.2) is 0 Å². The summed E-state index contributed by atoms with van der Waals surface area (Å²) in [5.41, 5.74) is 1.99. The third kappa shape index (κ3) is 3.72. The van der Waals surface area contributed by atoms with Crippen LogP contribution in [0.25, 0.3) is 0 Å². The van der Waals surface area contributed by atoms with Crippen molar-refractivity contribution in [2.45, 2.75) is 37.8 Å². The number of thiophene rings is 1. The summed E-state index contributed by atoms with van der Waals surface area (Å²) in [7, 11) is 0. The minimum absolute atomic E-state index is 0.111. The van der Waals surface area contributed by atoms with Gasteiger partial charge in [0.05, 0.1) is 12.1 Å². The minimum atomic E-state index is 0.111. The van der Waals surface area contributed by atoms with Gasteiger partial charge in [-0.05, 0) is 72.3 Å². The van der Waals surface area contributed by atoms with Crippen molar-refractivity contribution in [2.24, 2.45) is 0 Å². The summed E-state index contributed by atoms with van der Waals surface area (Å²) in [6, 6.07) is 9.86. The Morgan fingerprint density at radius 3 is 2.80 bits per heavy atom. The largest absolute Gasteiger partial charge is 0.491 e. The average Bonchev–Trinajstić information content (AvgIpc) is 3.41. The average molecular weight is 357 g/mol. The maximum Gasteiger partial charge on any atom is 0.254 e. The van der Waals surface area contributed by atoms with E-state index < -0.39 is 0 Å². The van der Waals surface area contributed by atoms with E-state index in [1.54, 1.807) is 11.3 Å². The molecule has 3 heterocycles. The Hall–Kier alpha value is -1.85. The molecule has 0 spiro atoms. The fraction of sp³-hybridized carbons (Fsp3) is 0.450. The molecule has 0 saturated carbocycles. The molecule has 2 aromatic rings. The molecule has 0 N–H and O–H groups in total. The topological polar surface area (TPSA) is 38.8 Å². The Morgan fingerprint density at radius 2 is 2.08 bits per heavy atom. The number of ether oxygens (including phenoxy) is 2. The molecular weight excluding hydrogens is 334 g/mol. The van der Waals surface area contributed by atoms with E-state index in [1.165, 1.54) is 5.56 Å². The number of nitrogens with zero attached hydrogens (tertiary/aromatic N) is 1. The van der Waals surface area contributed by atoms with Crippen molar-refractivity contribution in [1.29, 1.82) is 0 Å². The molecule has 0 bridgehead atoms. The molecule has 1 amide bonds.